The average Bonchev–Trinajstić information content (AvgIpc) is 2.84. The van der Waals surface area contributed by atoms with Gasteiger partial charge >= 0.3 is 0 Å². The minimum atomic E-state index is -0.633. The van der Waals surface area contributed by atoms with Gasteiger partial charge in [-0.3, -0.25) is 4.98 Å². The number of aliphatic hydroxyl groups excluding tert-OH is 1. The minimum absolute atomic E-state index is 0.633. The molecule has 90 valence electrons. The van der Waals surface area contributed by atoms with Gasteiger partial charge in [0.25, 0.3) is 0 Å². The summed E-state index contributed by atoms with van der Waals surface area (Å²) in [5, 5.41) is 13.4. The van der Waals surface area contributed by atoms with E-state index < -0.39 is 6.10 Å². The molecular weight excluding hydrogens is 310 g/mol. The highest BCUT2D eigenvalue weighted by Crippen LogP contribution is 2.31. The molecule has 1 N–H and O–H groups in total. The highest BCUT2D eigenvalue weighted by atomic mass is 79.9. The summed E-state index contributed by atoms with van der Waals surface area (Å²) in [5.74, 6) is 0. The Balaban J connectivity index is 2.14. The van der Waals surface area contributed by atoms with E-state index in [0.29, 0.717) is 0 Å². The number of thiophene rings is 1. The third-order valence-corrected chi connectivity index (χ3v) is 4.38. The van der Waals surface area contributed by atoms with Crippen molar-refractivity contribution in [2.45, 2.75) is 6.10 Å². The first-order valence-electron chi connectivity index (χ1n) is 5.51. The number of rotatable bonds is 2. The van der Waals surface area contributed by atoms with Gasteiger partial charge in [-0.25, -0.2) is 0 Å². The number of hydrogen-bond acceptors (Lipinski definition) is 3. The summed E-state index contributed by atoms with van der Waals surface area (Å²) in [6.45, 7) is 0. The van der Waals surface area contributed by atoms with E-state index in [0.717, 1.165) is 25.8 Å². The van der Waals surface area contributed by atoms with Gasteiger partial charge in [-0.1, -0.05) is 24.3 Å². The Bertz CT molecular complexity index is 690. The molecule has 0 aliphatic rings. The number of benzene rings is 1. The quantitative estimate of drug-likeness (QED) is 0.770. The molecule has 0 fully saturated rings. The topological polar surface area (TPSA) is 33.1 Å². The summed E-state index contributed by atoms with van der Waals surface area (Å²) in [5.41, 5.74) is 2.60. The second kappa shape index (κ2) is 4.80. The van der Waals surface area contributed by atoms with Crippen LogP contribution in [0, 0.1) is 0 Å². The van der Waals surface area contributed by atoms with Crippen molar-refractivity contribution in [1.29, 1.82) is 0 Å². The summed E-state index contributed by atoms with van der Waals surface area (Å²) in [7, 11) is 0. The standard InChI is InChI=1S/C14H10BrNOS/c15-12-7-10(8-18-12)14(17)11-5-1-3-9-4-2-6-16-13(9)11/h1-8,14,17H. The highest BCUT2D eigenvalue weighted by Gasteiger charge is 2.15. The first-order chi connectivity index (χ1) is 8.75. The van der Waals surface area contributed by atoms with Gasteiger partial charge in [0.15, 0.2) is 0 Å². The maximum atomic E-state index is 10.4. The van der Waals surface area contributed by atoms with Crippen LogP contribution in [0.5, 0.6) is 0 Å². The molecule has 4 heteroatoms. The Morgan fingerprint density at radius 2 is 2.06 bits per heavy atom. The van der Waals surface area contributed by atoms with Crippen LogP contribution in [0.15, 0.2) is 51.8 Å². The summed E-state index contributed by atoms with van der Waals surface area (Å²) >= 11 is 4.98. The molecule has 2 aromatic heterocycles. The van der Waals surface area contributed by atoms with Crippen molar-refractivity contribution in [1.82, 2.24) is 4.98 Å². The van der Waals surface area contributed by atoms with Crippen molar-refractivity contribution < 1.29 is 5.11 Å². The van der Waals surface area contributed by atoms with Crippen LogP contribution in [0.3, 0.4) is 0 Å². The molecule has 0 bridgehead atoms. The van der Waals surface area contributed by atoms with Gasteiger partial charge in [0.2, 0.25) is 0 Å². The molecule has 3 aromatic rings. The van der Waals surface area contributed by atoms with E-state index in [1.807, 2.05) is 41.8 Å². The van der Waals surface area contributed by atoms with Crippen LogP contribution in [-0.4, -0.2) is 10.1 Å². The first-order valence-corrected chi connectivity index (χ1v) is 7.18. The molecule has 3 rings (SSSR count). The number of hydrogen-bond donors (Lipinski definition) is 1. The SMILES string of the molecule is OC(c1csc(Br)c1)c1cccc2cccnc12. The molecule has 1 atom stereocenters. The Morgan fingerprint density at radius 1 is 1.22 bits per heavy atom. The predicted octanol–water partition coefficient (Wildman–Crippen LogP) is 4.14. The van der Waals surface area contributed by atoms with Crippen LogP contribution in [0.1, 0.15) is 17.2 Å². The summed E-state index contributed by atoms with van der Waals surface area (Å²) in [6, 6.07) is 11.7. The lowest BCUT2D eigenvalue weighted by Crippen LogP contribution is -1.99. The lowest BCUT2D eigenvalue weighted by Gasteiger charge is -2.11. The lowest BCUT2D eigenvalue weighted by molar-refractivity contribution is 0.222. The number of para-hydroxylation sites is 1. The zero-order valence-electron chi connectivity index (χ0n) is 9.38. The molecule has 0 aliphatic heterocycles. The molecule has 0 spiro atoms. The van der Waals surface area contributed by atoms with Crippen LogP contribution in [-0.2, 0) is 0 Å². The fraction of sp³-hybridized carbons (Fsp3) is 0.0714. The van der Waals surface area contributed by atoms with Gasteiger partial charge in [-0.2, -0.15) is 0 Å². The lowest BCUT2D eigenvalue weighted by atomic mass is 10.0. The van der Waals surface area contributed by atoms with E-state index in [1.54, 1.807) is 17.5 Å². The zero-order chi connectivity index (χ0) is 12.5. The molecular formula is C14H10BrNOS. The minimum Gasteiger partial charge on any atom is -0.384 e. The molecule has 18 heavy (non-hydrogen) atoms. The van der Waals surface area contributed by atoms with Gasteiger partial charge in [0.05, 0.1) is 9.30 Å². The van der Waals surface area contributed by atoms with Crippen LogP contribution < -0.4 is 0 Å². The summed E-state index contributed by atoms with van der Waals surface area (Å²) in [4.78, 5) is 4.37. The van der Waals surface area contributed by atoms with E-state index >= 15 is 0 Å². The van der Waals surface area contributed by atoms with E-state index in [-0.39, 0.29) is 0 Å². The zero-order valence-corrected chi connectivity index (χ0v) is 11.8. The largest absolute Gasteiger partial charge is 0.384 e. The average molecular weight is 320 g/mol. The fourth-order valence-electron chi connectivity index (χ4n) is 1.99. The fourth-order valence-corrected chi connectivity index (χ4v) is 3.19. The van der Waals surface area contributed by atoms with Crippen LogP contribution in [0.25, 0.3) is 10.9 Å². The van der Waals surface area contributed by atoms with Gasteiger partial charge in [-0.15, -0.1) is 11.3 Å². The third-order valence-electron chi connectivity index (χ3n) is 2.86. The van der Waals surface area contributed by atoms with Crippen LogP contribution >= 0.6 is 27.3 Å². The van der Waals surface area contributed by atoms with Crippen molar-refractivity contribution in [3.05, 3.63) is 62.9 Å². The molecule has 0 saturated heterocycles. The Labute approximate surface area is 117 Å². The van der Waals surface area contributed by atoms with Crippen molar-refractivity contribution in [3.8, 4) is 0 Å². The Hall–Kier alpha value is -1.23. The van der Waals surface area contributed by atoms with Crippen LogP contribution in [0.4, 0.5) is 0 Å². The predicted molar refractivity (Wildman–Crippen MR) is 77.8 cm³/mol. The van der Waals surface area contributed by atoms with Gasteiger partial charge in [0.1, 0.15) is 6.10 Å². The van der Waals surface area contributed by atoms with Crippen molar-refractivity contribution in [2.24, 2.45) is 0 Å². The number of aromatic nitrogens is 1. The van der Waals surface area contributed by atoms with Crippen molar-refractivity contribution in [2.75, 3.05) is 0 Å². The molecule has 2 heterocycles. The number of fused-ring (bicyclic) bond motifs is 1. The second-order valence-electron chi connectivity index (χ2n) is 4.01. The maximum absolute atomic E-state index is 10.4. The Kier molecular flexibility index (Phi) is 3.16. The monoisotopic (exact) mass is 319 g/mol. The smallest absolute Gasteiger partial charge is 0.107 e. The first kappa shape index (κ1) is 11.8. The third kappa shape index (κ3) is 2.07. The van der Waals surface area contributed by atoms with E-state index in [1.165, 1.54) is 0 Å². The van der Waals surface area contributed by atoms with Gasteiger partial charge in [-0.05, 0) is 39.0 Å². The van der Waals surface area contributed by atoms with Crippen molar-refractivity contribution in [3.63, 3.8) is 0 Å². The Morgan fingerprint density at radius 3 is 2.83 bits per heavy atom. The summed E-state index contributed by atoms with van der Waals surface area (Å²) in [6.07, 6.45) is 1.12. The molecule has 0 radical (unpaired) electrons. The number of aliphatic hydroxyl groups is 1. The maximum Gasteiger partial charge on any atom is 0.107 e. The van der Waals surface area contributed by atoms with Gasteiger partial charge < -0.3 is 5.11 Å². The highest BCUT2D eigenvalue weighted by molar-refractivity contribution is 9.11. The molecule has 1 aromatic carbocycles. The van der Waals surface area contributed by atoms with Gasteiger partial charge in [0, 0.05) is 17.1 Å². The number of halogens is 1. The summed E-state index contributed by atoms with van der Waals surface area (Å²) < 4.78 is 1.02. The number of pyridine rings is 1. The molecule has 0 amide bonds. The number of nitrogens with zero attached hydrogens (tertiary/aromatic N) is 1. The van der Waals surface area contributed by atoms with Crippen molar-refractivity contribution >= 4 is 38.2 Å². The van der Waals surface area contributed by atoms with E-state index in [2.05, 4.69) is 20.9 Å². The molecule has 1 unspecified atom stereocenters. The normalized spacial score (nSPS) is 12.8. The van der Waals surface area contributed by atoms with E-state index in [9.17, 15) is 5.11 Å². The molecule has 2 nitrogen and oxygen atoms in total. The second-order valence-corrected chi connectivity index (χ2v) is 6.30. The van der Waals surface area contributed by atoms with E-state index in [4.69, 9.17) is 0 Å². The molecule has 0 saturated carbocycles. The van der Waals surface area contributed by atoms with Crippen LogP contribution in [0.2, 0.25) is 0 Å². The molecule has 0 aliphatic carbocycles.